The quantitative estimate of drug-likeness (QED) is 0.640. The second-order valence-electron chi connectivity index (χ2n) is 4.99. The molecule has 0 aromatic rings. The van der Waals surface area contributed by atoms with Crippen molar-refractivity contribution in [3.8, 4) is 0 Å². The normalized spacial score (nSPS) is 14.4. The van der Waals surface area contributed by atoms with Crippen LogP contribution in [-0.2, 0) is 4.48 Å². The summed E-state index contributed by atoms with van der Waals surface area (Å²) >= 11 is -3.87. The van der Waals surface area contributed by atoms with E-state index < -0.39 is 34.5 Å². The van der Waals surface area contributed by atoms with Gasteiger partial charge in [0.2, 0.25) is 0 Å². The van der Waals surface area contributed by atoms with Crippen LogP contribution in [0.3, 0.4) is 0 Å². The Balaban J connectivity index is 4.89. The van der Waals surface area contributed by atoms with Crippen LogP contribution in [0.2, 0.25) is 0 Å². The summed E-state index contributed by atoms with van der Waals surface area (Å²) in [6.45, 7) is 15.8. The molecule has 0 unspecified atom stereocenters. The summed E-state index contributed by atoms with van der Waals surface area (Å²) in [5.41, 5.74) is 0. The molecule has 0 spiro atoms. The van der Waals surface area contributed by atoms with Gasteiger partial charge >= 0.3 is 119 Å². The van der Waals surface area contributed by atoms with E-state index in [2.05, 4.69) is 0 Å². The molecular formula is C12H28O4Sm. The Labute approximate surface area is 118 Å². The number of rotatable bonds is 8. The Bertz CT molecular complexity index is 159. The minimum absolute atomic E-state index is 0.0428. The topological polar surface area (TPSA) is 36.9 Å². The summed E-state index contributed by atoms with van der Waals surface area (Å²) in [4.78, 5) is 0. The Morgan fingerprint density at radius 3 is 0.765 bits per heavy atom. The minimum atomic E-state index is -3.87. The van der Waals surface area contributed by atoms with Gasteiger partial charge in [-0.25, -0.2) is 0 Å². The molecule has 0 aliphatic heterocycles. The van der Waals surface area contributed by atoms with E-state index in [1.807, 2.05) is 55.4 Å². The van der Waals surface area contributed by atoms with Gasteiger partial charge in [0, 0.05) is 0 Å². The van der Waals surface area contributed by atoms with Gasteiger partial charge in [0.05, 0.1) is 0 Å². The van der Waals surface area contributed by atoms with E-state index in [0.29, 0.717) is 0 Å². The fraction of sp³-hybridized carbons (Fsp3) is 1.00. The average molecular weight is 387 g/mol. The second-order valence-corrected chi connectivity index (χ2v) is 10.1. The Morgan fingerprint density at radius 2 is 0.647 bits per heavy atom. The molecule has 0 rings (SSSR count). The zero-order valence-corrected chi connectivity index (χ0v) is 15.0. The first-order valence-corrected chi connectivity index (χ1v) is 10.5. The zero-order chi connectivity index (χ0) is 13.6. The molecule has 4 nitrogen and oxygen atoms in total. The summed E-state index contributed by atoms with van der Waals surface area (Å²) in [6.07, 6.45) is 0.171. The zero-order valence-electron chi connectivity index (χ0n) is 12.4. The molecule has 0 saturated heterocycles. The first kappa shape index (κ1) is 18.2. The van der Waals surface area contributed by atoms with Gasteiger partial charge in [-0.3, -0.25) is 0 Å². The Kier molecular flexibility index (Phi) is 8.95. The Morgan fingerprint density at radius 1 is 0.471 bits per heavy atom. The van der Waals surface area contributed by atoms with Gasteiger partial charge in [-0.2, -0.15) is 0 Å². The molecule has 0 amide bonds. The molecule has 0 N–H and O–H groups in total. The summed E-state index contributed by atoms with van der Waals surface area (Å²) < 4.78 is 23.6. The molecule has 0 aromatic heterocycles. The van der Waals surface area contributed by atoms with Crippen LogP contribution in [0.15, 0.2) is 0 Å². The molecule has 17 heavy (non-hydrogen) atoms. The molecule has 0 aromatic carbocycles. The predicted octanol–water partition coefficient (Wildman–Crippen LogP) is 3.50. The van der Waals surface area contributed by atoms with Gasteiger partial charge in [0.1, 0.15) is 0 Å². The van der Waals surface area contributed by atoms with Crippen molar-refractivity contribution < 1.29 is 39.0 Å². The molecule has 106 valence electrons. The van der Waals surface area contributed by atoms with Gasteiger partial charge in [0.25, 0.3) is 0 Å². The van der Waals surface area contributed by atoms with Crippen LogP contribution in [0.1, 0.15) is 55.4 Å². The fourth-order valence-electron chi connectivity index (χ4n) is 1.08. The van der Waals surface area contributed by atoms with Gasteiger partial charge < -0.3 is 0 Å². The SMILES string of the molecule is CC(C)[O][Sm]([O]C(C)C)([O]C(C)C)[O]C(C)C. The molecule has 0 fully saturated rings. The van der Waals surface area contributed by atoms with Crippen molar-refractivity contribution in [2.45, 2.75) is 79.8 Å². The van der Waals surface area contributed by atoms with Gasteiger partial charge in [-0.15, -0.1) is 0 Å². The van der Waals surface area contributed by atoms with Crippen molar-refractivity contribution in [2.24, 2.45) is 0 Å². The van der Waals surface area contributed by atoms with E-state index >= 15 is 0 Å². The number of hydrogen-bond acceptors (Lipinski definition) is 4. The number of hydrogen-bond donors (Lipinski definition) is 0. The monoisotopic (exact) mass is 388 g/mol. The van der Waals surface area contributed by atoms with Gasteiger partial charge in [-0.1, -0.05) is 0 Å². The van der Waals surface area contributed by atoms with Crippen molar-refractivity contribution in [3.05, 3.63) is 0 Å². The van der Waals surface area contributed by atoms with Crippen LogP contribution in [0.5, 0.6) is 0 Å². The molecule has 0 saturated carbocycles. The van der Waals surface area contributed by atoms with E-state index in [1.165, 1.54) is 0 Å². The van der Waals surface area contributed by atoms with Crippen LogP contribution >= 0.6 is 0 Å². The van der Waals surface area contributed by atoms with Crippen molar-refractivity contribution in [3.63, 3.8) is 0 Å². The van der Waals surface area contributed by atoms with Crippen molar-refractivity contribution in [2.75, 3.05) is 0 Å². The molecule has 0 atom stereocenters. The third kappa shape index (κ3) is 8.82. The van der Waals surface area contributed by atoms with Crippen LogP contribution in [-0.4, -0.2) is 24.4 Å². The van der Waals surface area contributed by atoms with E-state index in [-0.39, 0.29) is 24.4 Å². The van der Waals surface area contributed by atoms with Crippen molar-refractivity contribution in [1.29, 1.82) is 0 Å². The average Bonchev–Trinajstić information content (AvgIpc) is 1.95. The first-order chi connectivity index (χ1) is 7.67. The predicted molar refractivity (Wildman–Crippen MR) is 64.9 cm³/mol. The second kappa shape index (κ2) is 8.37. The molecule has 0 radical (unpaired) electrons. The molecule has 0 aliphatic carbocycles. The van der Waals surface area contributed by atoms with Crippen molar-refractivity contribution in [1.82, 2.24) is 0 Å². The molecule has 0 bridgehead atoms. The third-order valence-corrected chi connectivity index (χ3v) is 9.21. The fourth-order valence-corrected chi connectivity index (χ4v) is 8.00. The van der Waals surface area contributed by atoms with E-state index in [9.17, 15) is 0 Å². The summed E-state index contributed by atoms with van der Waals surface area (Å²) in [7, 11) is 0. The third-order valence-electron chi connectivity index (χ3n) is 1.24. The summed E-state index contributed by atoms with van der Waals surface area (Å²) in [5, 5.41) is 0. The Hall–Kier alpha value is 1.18. The summed E-state index contributed by atoms with van der Waals surface area (Å²) in [5.74, 6) is 0. The van der Waals surface area contributed by atoms with Gasteiger partial charge in [-0.05, 0) is 0 Å². The van der Waals surface area contributed by atoms with E-state index in [4.69, 9.17) is 4.48 Å². The molecule has 0 aliphatic rings. The molecule has 5 heteroatoms. The maximum absolute atomic E-state index is 5.91. The van der Waals surface area contributed by atoms with E-state index in [1.54, 1.807) is 0 Å². The molecular weight excluding hydrogens is 358 g/mol. The van der Waals surface area contributed by atoms with Crippen molar-refractivity contribution >= 4 is 0 Å². The van der Waals surface area contributed by atoms with Gasteiger partial charge in [0.15, 0.2) is 0 Å². The standard InChI is InChI=1S/4C3H7O.Sm/c4*1-3(2)4;/h4*3H,1-2H3;/q4*-1;+4. The molecule has 0 heterocycles. The summed E-state index contributed by atoms with van der Waals surface area (Å²) in [6, 6.07) is 0. The van der Waals surface area contributed by atoms with Crippen LogP contribution in [0.4, 0.5) is 0 Å². The van der Waals surface area contributed by atoms with Crippen LogP contribution in [0.25, 0.3) is 0 Å². The van der Waals surface area contributed by atoms with E-state index in [0.717, 1.165) is 0 Å². The van der Waals surface area contributed by atoms with Crippen LogP contribution < -0.4 is 0 Å². The maximum atomic E-state index is 5.91. The first-order valence-electron chi connectivity index (χ1n) is 6.23. The van der Waals surface area contributed by atoms with Crippen LogP contribution in [0, 0.1) is 34.5 Å².